The van der Waals surface area contributed by atoms with Crippen LogP contribution >= 0.6 is 0 Å². The monoisotopic (exact) mass is 342 g/mol. The maximum Gasteiger partial charge on any atom is 0.139 e. The number of phenolic OH excluding ortho intramolecular Hbond substituents is 1. The lowest BCUT2D eigenvalue weighted by Gasteiger charge is -2.62. The number of hydrogen-bond donors (Lipinski definition) is 3. The molecule has 1 spiro atoms. The minimum Gasteiger partial charge on any atom is -0.506 e. The highest BCUT2D eigenvalue weighted by molar-refractivity contribution is 5.73. The standard InChI is InChI=1S/C20H26N2O3/c1-3-9-10-7-12-17-20(11-5-4-6-14(23)16(11)21(17)2)8-13(15(10)18(20)24)22(12)19(9)25/h4-6,9-10,12-13,15,17-19,23-25H,3,7-8H2,1-2H3/t9-,10-,12-,13-,15-,17-,18+,19+,20+/m0/s1. The maximum absolute atomic E-state index is 11.6. The summed E-state index contributed by atoms with van der Waals surface area (Å²) in [5, 5.41) is 33.2. The van der Waals surface area contributed by atoms with Gasteiger partial charge in [0.05, 0.1) is 17.8 Å². The van der Waals surface area contributed by atoms with Gasteiger partial charge in [-0.2, -0.15) is 0 Å². The largest absolute Gasteiger partial charge is 0.506 e. The van der Waals surface area contributed by atoms with Crippen LogP contribution in [0.1, 0.15) is 31.7 Å². The number of phenols is 1. The van der Waals surface area contributed by atoms with E-state index < -0.39 is 6.10 Å². The van der Waals surface area contributed by atoms with E-state index in [4.69, 9.17) is 0 Å². The molecule has 0 aromatic heterocycles. The van der Waals surface area contributed by atoms with Crippen molar-refractivity contribution in [2.45, 2.75) is 62.1 Å². The van der Waals surface area contributed by atoms with Gasteiger partial charge in [-0.3, -0.25) is 4.90 Å². The van der Waals surface area contributed by atoms with E-state index in [9.17, 15) is 15.3 Å². The Balaban J connectivity index is 1.60. The minimum absolute atomic E-state index is 0.129. The molecule has 0 radical (unpaired) electrons. The van der Waals surface area contributed by atoms with Crippen LogP contribution in [-0.2, 0) is 5.41 Å². The van der Waals surface area contributed by atoms with Crippen molar-refractivity contribution in [2.75, 3.05) is 11.9 Å². The van der Waals surface area contributed by atoms with Crippen LogP contribution in [0.4, 0.5) is 5.69 Å². The molecule has 3 N–H and O–H groups in total. The molecule has 134 valence electrons. The van der Waals surface area contributed by atoms with Gasteiger partial charge in [0.2, 0.25) is 0 Å². The highest BCUT2D eigenvalue weighted by atomic mass is 16.3. The number of benzene rings is 1. The van der Waals surface area contributed by atoms with Crippen molar-refractivity contribution in [3.8, 4) is 5.75 Å². The third-order valence-corrected chi connectivity index (χ3v) is 8.55. The first kappa shape index (κ1) is 14.8. The lowest BCUT2D eigenvalue weighted by Crippen LogP contribution is -2.72. The summed E-state index contributed by atoms with van der Waals surface area (Å²) in [5.74, 6) is 1.24. The molecule has 1 saturated carbocycles. The summed E-state index contributed by atoms with van der Waals surface area (Å²) in [5.41, 5.74) is 1.71. The Kier molecular flexibility index (Phi) is 2.57. The van der Waals surface area contributed by atoms with E-state index in [0.717, 1.165) is 30.5 Å². The quantitative estimate of drug-likeness (QED) is 0.717. The van der Waals surface area contributed by atoms with Crippen molar-refractivity contribution in [2.24, 2.45) is 17.8 Å². The highest BCUT2D eigenvalue weighted by Crippen LogP contribution is 2.69. The van der Waals surface area contributed by atoms with E-state index in [-0.39, 0.29) is 41.6 Å². The molecule has 1 unspecified atom stereocenters. The van der Waals surface area contributed by atoms with Crippen LogP contribution in [0.2, 0.25) is 0 Å². The van der Waals surface area contributed by atoms with Gasteiger partial charge in [0.15, 0.2) is 0 Å². The summed E-state index contributed by atoms with van der Waals surface area (Å²) in [4.78, 5) is 4.54. The van der Waals surface area contributed by atoms with Crippen molar-refractivity contribution >= 4 is 5.69 Å². The SMILES string of the molecule is CC[C@H]1[C@@H]2C[C@H]3[C@@H]4N(C)c5c(O)cccc5[C@]45C[C@@H]([C@H]2[C@H]5O)N3[C@@H]1O. The van der Waals surface area contributed by atoms with Gasteiger partial charge < -0.3 is 20.2 Å². The van der Waals surface area contributed by atoms with Gasteiger partial charge in [-0.15, -0.1) is 0 Å². The van der Waals surface area contributed by atoms with Crippen molar-refractivity contribution in [1.82, 2.24) is 4.90 Å². The molecule has 6 aliphatic rings. The zero-order valence-electron chi connectivity index (χ0n) is 14.7. The average molecular weight is 342 g/mol. The molecule has 10 atom stereocenters. The van der Waals surface area contributed by atoms with Crippen LogP contribution in [0.15, 0.2) is 18.2 Å². The first-order valence-corrected chi connectivity index (χ1v) is 9.71. The number of aliphatic hydroxyl groups excluding tert-OH is 2. The van der Waals surface area contributed by atoms with Crippen LogP contribution < -0.4 is 4.90 Å². The number of fused-ring (bicyclic) bond motifs is 2. The van der Waals surface area contributed by atoms with Crippen LogP contribution in [0.5, 0.6) is 5.75 Å². The molecular formula is C20H26N2O3. The molecule has 5 heteroatoms. The number of likely N-dealkylation sites (N-methyl/N-ethyl adjacent to an activating group) is 1. The molecule has 1 aromatic rings. The number of nitrogens with zero attached hydrogens (tertiary/aromatic N) is 2. The number of rotatable bonds is 1. The predicted octanol–water partition coefficient (Wildman–Crippen LogP) is 1.26. The number of aliphatic hydroxyl groups is 2. The topological polar surface area (TPSA) is 67.2 Å². The molecule has 0 amide bonds. The average Bonchev–Trinajstić information content (AvgIpc) is 2.97. The Bertz CT molecular complexity index is 769. The lowest BCUT2D eigenvalue weighted by molar-refractivity contribution is -0.211. The molecule has 25 heavy (non-hydrogen) atoms. The number of aromatic hydroxyl groups is 1. The van der Waals surface area contributed by atoms with Crippen molar-refractivity contribution in [3.63, 3.8) is 0 Å². The third kappa shape index (κ3) is 1.32. The van der Waals surface area contributed by atoms with E-state index in [1.807, 2.05) is 6.07 Å². The number of hydrogen-bond acceptors (Lipinski definition) is 5. The van der Waals surface area contributed by atoms with E-state index >= 15 is 0 Å². The molecule has 5 aliphatic heterocycles. The first-order chi connectivity index (χ1) is 12.0. The fourth-order valence-corrected chi connectivity index (χ4v) is 7.97. The molecule has 4 saturated heterocycles. The summed E-state index contributed by atoms with van der Waals surface area (Å²) < 4.78 is 0. The van der Waals surface area contributed by atoms with E-state index in [1.54, 1.807) is 6.07 Å². The fourth-order valence-electron chi connectivity index (χ4n) is 7.97. The number of para-hydroxylation sites is 1. The lowest BCUT2D eigenvalue weighted by atomic mass is 9.62. The van der Waals surface area contributed by atoms with Gasteiger partial charge in [-0.05, 0) is 36.8 Å². The second-order valence-electron chi connectivity index (χ2n) is 8.96. The third-order valence-electron chi connectivity index (χ3n) is 8.55. The zero-order chi connectivity index (χ0) is 17.2. The van der Waals surface area contributed by atoms with Gasteiger partial charge in [-0.25, -0.2) is 0 Å². The van der Waals surface area contributed by atoms with E-state index in [2.05, 4.69) is 29.8 Å². The molecule has 1 aliphatic carbocycles. The van der Waals surface area contributed by atoms with Crippen LogP contribution in [0, 0.1) is 17.8 Å². The number of anilines is 1. The summed E-state index contributed by atoms with van der Waals surface area (Å²) in [6.45, 7) is 2.16. The fraction of sp³-hybridized carbons (Fsp3) is 0.700. The maximum atomic E-state index is 11.6. The molecule has 5 bridgehead atoms. The summed E-state index contributed by atoms with van der Waals surface area (Å²) >= 11 is 0. The summed E-state index contributed by atoms with van der Waals surface area (Å²) in [7, 11) is 2.05. The Labute approximate surface area is 147 Å². The Morgan fingerprint density at radius 1 is 1.24 bits per heavy atom. The smallest absolute Gasteiger partial charge is 0.139 e. The Morgan fingerprint density at radius 2 is 2.04 bits per heavy atom. The Hall–Kier alpha value is -1.30. The second kappa shape index (κ2) is 4.33. The van der Waals surface area contributed by atoms with Crippen molar-refractivity contribution < 1.29 is 15.3 Å². The molecule has 5 fully saturated rings. The molecule has 5 nitrogen and oxygen atoms in total. The van der Waals surface area contributed by atoms with Gasteiger partial charge in [0, 0.05) is 36.4 Å². The van der Waals surface area contributed by atoms with Gasteiger partial charge in [0.1, 0.15) is 12.0 Å². The van der Waals surface area contributed by atoms with Crippen LogP contribution in [0.25, 0.3) is 0 Å². The van der Waals surface area contributed by atoms with Gasteiger partial charge in [0.25, 0.3) is 0 Å². The predicted molar refractivity (Wildman–Crippen MR) is 93.4 cm³/mol. The molecule has 7 rings (SSSR count). The summed E-state index contributed by atoms with van der Waals surface area (Å²) in [6, 6.07) is 6.42. The van der Waals surface area contributed by atoms with E-state index in [1.165, 1.54) is 0 Å². The normalized spacial score (nSPS) is 54.1. The van der Waals surface area contributed by atoms with E-state index in [0.29, 0.717) is 11.7 Å². The highest BCUT2D eigenvalue weighted by Gasteiger charge is 2.76. The molecule has 5 heterocycles. The van der Waals surface area contributed by atoms with Crippen LogP contribution in [-0.4, -0.2) is 57.7 Å². The van der Waals surface area contributed by atoms with Crippen molar-refractivity contribution in [1.29, 1.82) is 0 Å². The molecule has 1 aromatic carbocycles. The number of piperidine rings is 4. The second-order valence-corrected chi connectivity index (χ2v) is 8.96. The summed E-state index contributed by atoms with van der Waals surface area (Å²) in [6.07, 6.45) is 2.14. The van der Waals surface area contributed by atoms with Crippen LogP contribution in [0.3, 0.4) is 0 Å². The van der Waals surface area contributed by atoms with Crippen molar-refractivity contribution in [3.05, 3.63) is 23.8 Å². The zero-order valence-corrected chi connectivity index (χ0v) is 14.7. The Morgan fingerprint density at radius 3 is 2.80 bits per heavy atom. The van der Waals surface area contributed by atoms with Gasteiger partial charge in [-0.1, -0.05) is 19.1 Å². The van der Waals surface area contributed by atoms with Gasteiger partial charge >= 0.3 is 0 Å². The minimum atomic E-state index is -0.394. The molecular weight excluding hydrogens is 316 g/mol. The first-order valence-electron chi connectivity index (χ1n) is 9.71.